The van der Waals surface area contributed by atoms with Gasteiger partial charge >= 0.3 is 0 Å². The molecule has 17 heavy (non-hydrogen) atoms. The van der Waals surface area contributed by atoms with E-state index in [4.69, 9.17) is 4.74 Å². The van der Waals surface area contributed by atoms with Crippen LogP contribution in [0.2, 0.25) is 0 Å². The van der Waals surface area contributed by atoms with Crippen molar-refractivity contribution in [2.75, 3.05) is 7.11 Å². The largest absolute Gasteiger partial charge is 0.496 e. The third-order valence-electron chi connectivity index (χ3n) is 2.78. The molecule has 0 spiro atoms. The maximum Gasteiger partial charge on any atom is 0.126 e. The molecular formula is C15H16O2. The second-order valence-corrected chi connectivity index (χ2v) is 4.06. The van der Waals surface area contributed by atoms with Crippen molar-refractivity contribution in [1.29, 1.82) is 0 Å². The highest BCUT2D eigenvalue weighted by molar-refractivity contribution is 5.71. The maximum atomic E-state index is 9.19. The fourth-order valence-corrected chi connectivity index (χ4v) is 1.89. The zero-order chi connectivity index (χ0) is 12.3. The molecule has 0 radical (unpaired) electrons. The molecule has 0 amide bonds. The molecule has 0 fully saturated rings. The maximum absolute atomic E-state index is 9.19. The van der Waals surface area contributed by atoms with E-state index in [1.807, 2.05) is 30.3 Å². The molecular weight excluding hydrogens is 212 g/mol. The minimum Gasteiger partial charge on any atom is -0.496 e. The van der Waals surface area contributed by atoms with Crippen molar-refractivity contribution in [1.82, 2.24) is 0 Å². The number of hydrogen-bond acceptors (Lipinski definition) is 2. The molecule has 0 aliphatic heterocycles. The first-order valence-electron chi connectivity index (χ1n) is 5.59. The number of aliphatic hydroxyl groups excluding tert-OH is 1. The Balaban J connectivity index is 2.56. The summed E-state index contributed by atoms with van der Waals surface area (Å²) in [4.78, 5) is 0. The quantitative estimate of drug-likeness (QED) is 0.874. The molecule has 2 heteroatoms. The Morgan fingerprint density at radius 3 is 2.59 bits per heavy atom. The number of ether oxygens (including phenoxy) is 1. The number of aliphatic hydroxyl groups is 1. The van der Waals surface area contributed by atoms with E-state index in [0.29, 0.717) is 0 Å². The van der Waals surface area contributed by atoms with Crippen molar-refractivity contribution in [2.45, 2.75) is 13.5 Å². The first kappa shape index (κ1) is 11.7. The van der Waals surface area contributed by atoms with E-state index in [0.717, 1.165) is 22.4 Å². The van der Waals surface area contributed by atoms with Crippen LogP contribution in [0.3, 0.4) is 0 Å². The van der Waals surface area contributed by atoms with Gasteiger partial charge in [0.05, 0.1) is 13.7 Å². The average molecular weight is 228 g/mol. The summed E-state index contributed by atoms with van der Waals surface area (Å²) in [6, 6.07) is 14.0. The van der Waals surface area contributed by atoms with Gasteiger partial charge in [-0.15, -0.1) is 0 Å². The lowest BCUT2D eigenvalue weighted by atomic mass is 10.0. The molecule has 88 valence electrons. The summed E-state index contributed by atoms with van der Waals surface area (Å²) in [6.45, 7) is 2.11. The Labute approximate surface area is 101 Å². The summed E-state index contributed by atoms with van der Waals surface area (Å²) < 4.78 is 5.36. The summed E-state index contributed by atoms with van der Waals surface area (Å²) in [6.07, 6.45) is 0. The van der Waals surface area contributed by atoms with E-state index in [-0.39, 0.29) is 6.61 Å². The number of aryl methyl sites for hydroxylation is 1. The van der Waals surface area contributed by atoms with Gasteiger partial charge in [0.25, 0.3) is 0 Å². The molecule has 0 bridgehead atoms. The minimum atomic E-state index is 0.0445. The molecule has 0 saturated carbocycles. The van der Waals surface area contributed by atoms with Crippen molar-refractivity contribution in [3.8, 4) is 16.9 Å². The molecule has 0 aromatic heterocycles. The van der Waals surface area contributed by atoms with Crippen LogP contribution in [0.4, 0.5) is 0 Å². The summed E-state index contributed by atoms with van der Waals surface area (Å²) in [5.74, 6) is 0.827. The highest BCUT2D eigenvalue weighted by atomic mass is 16.5. The van der Waals surface area contributed by atoms with Crippen molar-refractivity contribution in [3.63, 3.8) is 0 Å². The molecule has 0 saturated heterocycles. The predicted octanol–water partition coefficient (Wildman–Crippen LogP) is 3.16. The third-order valence-corrected chi connectivity index (χ3v) is 2.78. The lowest BCUT2D eigenvalue weighted by molar-refractivity contribution is 0.281. The van der Waals surface area contributed by atoms with E-state index in [1.165, 1.54) is 5.56 Å². The Bertz CT molecular complexity index is 518. The van der Waals surface area contributed by atoms with Crippen LogP contribution in [0.1, 0.15) is 11.1 Å². The Morgan fingerprint density at radius 1 is 1.12 bits per heavy atom. The lowest BCUT2D eigenvalue weighted by Crippen LogP contribution is -1.91. The predicted molar refractivity (Wildman–Crippen MR) is 69.1 cm³/mol. The lowest BCUT2D eigenvalue weighted by Gasteiger charge is -2.10. The molecule has 0 heterocycles. The molecule has 2 rings (SSSR count). The van der Waals surface area contributed by atoms with E-state index in [9.17, 15) is 5.11 Å². The fraction of sp³-hybridized carbons (Fsp3) is 0.200. The molecule has 1 N–H and O–H groups in total. The van der Waals surface area contributed by atoms with Crippen molar-refractivity contribution in [3.05, 3.63) is 53.6 Å². The van der Waals surface area contributed by atoms with Gasteiger partial charge in [0.1, 0.15) is 5.75 Å². The number of hydrogen-bond donors (Lipinski definition) is 1. The average Bonchev–Trinajstić information content (AvgIpc) is 2.38. The van der Waals surface area contributed by atoms with Gasteiger partial charge in [-0.05, 0) is 30.2 Å². The second-order valence-electron chi connectivity index (χ2n) is 4.06. The Hall–Kier alpha value is -1.80. The van der Waals surface area contributed by atoms with Gasteiger partial charge in [0, 0.05) is 5.56 Å². The summed E-state index contributed by atoms with van der Waals surface area (Å²) >= 11 is 0. The van der Waals surface area contributed by atoms with Crippen LogP contribution in [0.15, 0.2) is 42.5 Å². The van der Waals surface area contributed by atoms with Crippen LogP contribution in [-0.2, 0) is 6.61 Å². The smallest absolute Gasteiger partial charge is 0.126 e. The van der Waals surface area contributed by atoms with Gasteiger partial charge in [-0.2, -0.15) is 0 Å². The highest BCUT2D eigenvalue weighted by Crippen LogP contribution is 2.31. The van der Waals surface area contributed by atoms with E-state index < -0.39 is 0 Å². The van der Waals surface area contributed by atoms with E-state index in [2.05, 4.69) is 19.1 Å². The number of methoxy groups -OCH3 is 1. The van der Waals surface area contributed by atoms with E-state index >= 15 is 0 Å². The Kier molecular flexibility index (Phi) is 3.45. The number of benzene rings is 2. The normalized spacial score (nSPS) is 10.3. The van der Waals surface area contributed by atoms with Crippen molar-refractivity contribution < 1.29 is 9.84 Å². The van der Waals surface area contributed by atoms with Crippen LogP contribution in [0.5, 0.6) is 5.75 Å². The van der Waals surface area contributed by atoms with Gasteiger partial charge in [-0.1, -0.05) is 35.9 Å². The van der Waals surface area contributed by atoms with Gasteiger partial charge in [0.15, 0.2) is 0 Å². The molecule has 2 nitrogen and oxygen atoms in total. The summed E-state index contributed by atoms with van der Waals surface area (Å²) in [7, 11) is 1.66. The monoisotopic (exact) mass is 228 g/mol. The van der Waals surface area contributed by atoms with Crippen molar-refractivity contribution >= 4 is 0 Å². The second kappa shape index (κ2) is 5.02. The van der Waals surface area contributed by atoms with Gasteiger partial charge in [-0.25, -0.2) is 0 Å². The summed E-state index contributed by atoms with van der Waals surface area (Å²) in [5, 5.41) is 9.19. The van der Waals surface area contributed by atoms with Crippen LogP contribution >= 0.6 is 0 Å². The van der Waals surface area contributed by atoms with Crippen LogP contribution < -0.4 is 4.74 Å². The van der Waals surface area contributed by atoms with Crippen LogP contribution in [0, 0.1) is 6.92 Å². The first-order valence-corrected chi connectivity index (χ1v) is 5.59. The highest BCUT2D eigenvalue weighted by Gasteiger charge is 2.06. The molecule has 0 unspecified atom stereocenters. The molecule has 0 atom stereocenters. The van der Waals surface area contributed by atoms with Gasteiger partial charge in [0.2, 0.25) is 0 Å². The molecule has 0 aliphatic carbocycles. The van der Waals surface area contributed by atoms with E-state index in [1.54, 1.807) is 7.11 Å². The SMILES string of the molecule is COc1ccc(CO)cc1-c1cccc(C)c1. The zero-order valence-electron chi connectivity index (χ0n) is 10.1. The van der Waals surface area contributed by atoms with Crippen LogP contribution in [0.25, 0.3) is 11.1 Å². The zero-order valence-corrected chi connectivity index (χ0v) is 10.1. The fourth-order valence-electron chi connectivity index (χ4n) is 1.89. The number of rotatable bonds is 3. The molecule has 2 aromatic rings. The molecule has 0 aliphatic rings. The topological polar surface area (TPSA) is 29.5 Å². The summed E-state index contributed by atoms with van der Waals surface area (Å²) in [5.41, 5.74) is 4.22. The van der Waals surface area contributed by atoms with Crippen molar-refractivity contribution in [2.24, 2.45) is 0 Å². The first-order chi connectivity index (χ1) is 8.24. The third kappa shape index (κ3) is 2.48. The van der Waals surface area contributed by atoms with Gasteiger partial charge < -0.3 is 9.84 Å². The van der Waals surface area contributed by atoms with Crippen LogP contribution in [-0.4, -0.2) is 12.2 Å². The Morgan fingerprint density at radius 2 is 1.94 bits per heavy atom. The molecule has 2 aromatic carbocycles. The standard InChI is InChI=1S/C15H16O2/c1-11-4-3-5-13(8-11)14-9-12(10-16)6-7-15(14)17-2/h3-9,16H,10H2,1-2H3. The minimum absolute atomic E-state index is 0.0445. The van der Waals surface area contributed by atoms with Gasteiger partial charge in [-0.3, -0.25) is 0 Å².